The van der Waals surface area contributed by atoms with Crippen molar-refractivity contribution in [1.29, 1.82) is 0 Å². The van der Waals surface area contributed by atoms with Crippen LogP contribution in [0, 0.1) is 0 Å². The van der Waals surface area contributed by atoms with E-state index in [-0.39, 0.29) is 17.1 Å². The molecule has 0 bridgehead atoms. The van der Waals surface area contributed by atoms with Crippen molar-refractivity contribution in [2.45, 2.75) is 19.9 Å². The number of benzene rings is 1. The first kappa shape index (κ1) is 14.2. The van der Waals surface area contributed by atoms with Gasteiger partial charge in [0, 0.05) is 11.1 Å². The Morgan fingerprint density at radius 3 is 2.53 bits per heavy atom. The van der Waals surface area contributed by atoms with Crippen LogP contribution in [0.3, 0.4) is 0 Å². The average Bonchev–Trinajstić information content (AvgIpc) is 2.15. The predicted octanol–water partition coefficient (Wildman–Crippen LogP) is 3.01. The van der Waals surface area contributed by atoms with E-state index < -0.39 is 0 Å². The van der Waals surface area contributed by atoms with Crippen LogP contribution in [-0.2, 0) is 0 Å². The molecule has 0 heterocycles. The third kappa shape index (κ3) is 4.50. The largest absolute Gasteiger partial charge is 0.360 e. The van der Waals surface area contributed by atoms with Gasteiger partial charge in [-0.3, -0.25) is 10.1 Å². The summed E-state index contributed by atoms with van der Waals surface area (Å²) in [7, 11) is 0. The molecule has 0 aliphatic rings. The molecule has 0 aliphatic heterocycles. The Bertz CT molecular complexity index is 449. The molecule has 6 heteroatoms. The molecule has 0 aromatic heterocycles. The van der Waals surface area contributed by atoms with Gasteiger partial charge in [0.25, 0.3) is 5.91 Å². The summed E-state index contributed by atoms with van der Waals surface area (Å²) in [5.74, 6) is -0.357. The monoisotopic (exact) mass is 290 g/mol. The SMILES string of the molecule is CC(C)NC(=S)NC(=O)c1ccc(Cl)cc1Cl. The number of halogens is 2. The maximum Gasteiger partial charge on any atom is 0.258 e. The van der Waals surface area contributed by atoms with E-state index in [0.29, 0.717) is 15.6 Å². The Labute approximate surface area is 115 Å². The molecule has 0 spiro atoms. The lowest BCUT2D eigenvalue weighted by Crippen LogP contribution is -2.42. The number of rotatable bonds is 2. The Kier molecular flexibility index (Phi) is 5.18. The van der Waals surface area contributed by atoms with Crippen molar-refractivity contribution >= 4 is 46.4 Å². The van der Waals surface area contributed by atoms with Gasteiger partial charge < -0.3 is 5.32 Å². The molecular weight excluding hydrogens is 279 g/mol. The number of carbonyl (C=O) groups is 1. The van der Waals surface area contributed by atoms with Gasteiger partial charge in [0.1, 0.15) is 0 Å². The van der Waals surface area contributed by atoms with E-state index in [1.807, 2.05) is 13.8 Å². The summed E-state index contributed by atoms with van der Waals surface area (Å²) in [6, 6.07) is 4.82. The average molecular weight is 291 g/mol. The van der Waals surface area contributed by atoms with Gasteiger partial charge in [0.2, 0.25) is 0 Å². The van der Waals surface area contributed by atoms with Crippen LogP contribution in [0.4, 0.5) is 0 Å². The molecule has 1 rings (SSSR count). The second kappa shape index (κ2) is 6.19. The first-order chi connectivity index (χ1) is 7.90. The molecule has 1 amide bonds. The summed E-state index contributed by atoms with van der Waals surface area (Å²) in [5, 5.41) is 6.50. The lowest BCUT2D eigenvalue weighted by atomic mass is 10.2. The number of hydrogen-bond donors (Lipinski definition) is 2. The number of amides is 1. The molecule has 1 aromatic carbocycles. The fraction of sp³-hybridized carbons (Fsp3) is 0.273. The van der Waals surface area contributed by atoms with E-state index in [9.17, 15) is 4.79 Å². The molecule has 2 N–H and O–H groups in total. The van der Waals surface area contributed by atoms with Crippen molar-refractivity contribution in [3.05, 3.63) is 33.8 Å². The Morgan fingerprint density at radius 2 is 2.00 bits per heavy atom. The normalized spacial score (nSPS) is 10.2. The van der Waals surface area contributed by atoms with E-state index in [1.54, 1.807) is 12.1 Å². The van der Waals surface area contributed by atoms with E-state index in [2.05, 4.69) is 10.6 Å². The van der Waals surface area contributed by atoms with Crippen LogP contribution in [0.1, 0.15) is 24.2 Å². The predicted molar refractivity (Wildman–Crippen MR) is 74.8 cm³/mol. The Balaban J connectivity index is 2.73. The number of hydrogen-bond acceptors (Lipinski definition) is 2. The highest BCUT2D eigenvalue weighted by Gasteiger charge is 2.12. The highest BCUT2D eigenvalue weighted by molar-refractivity contribution is 7.80. The Hall–Kier alpha value is -0.840. The molecular formula is C11H12Cl2N2OS. The van der Waals surface area contributed by atoms with Crippen LogP contribution in [0.5, 0.6) is 0 Å². The number of thiocarbonyl (C=S) groups is 1. The van der Waals surface area contributed by atoms with Crippen LogP contribution >= 0.6 is 35.4 Å². The fourth-order valence-electron chi connectivity index (χ4n) is 1.14. The van der Waals surface area contributed by atoms with Gasteiger partial charge in [-0.1, -0.05) is 23.2 Å². The molecule has 0 saturated heterocycles. The van der Waals surface area contributed by atoms with Gasteiger partial charge in [-0.2, -0.15) is 0 Å². The van der Waals surface area contributed by atoms with Crippen LogP contribution < -0.4 is 10.6 Å². The molecule has 0 radical (unpaired) electrons. The Morgan fingerprint density at radius 1 is 1.35 bits per heavy atom. The second-order valence-corrected chi connectivity index (χ2v) is 4.96. The third-order valence-corrected chi connectivity index (χ3v) is 2.59. The van der Waals surface area contributed by atoms with Gasteiger partial charge in [-0.05, 0) is 44.3 Å². The topological polar surface area (TPSA) is 41.1 Å². The summed E-state index contributed by atoms with van der Waals surface area (Å²) in [4.78, 5) is 11.8. The molecule has 0 atom stereocenters. The molecule has 0 unspecified atom stereocenters. The molecule has 1 aromatic rings. The van der Waals surface area contributed by atoms with Crippen LogP contribution in [0.25, 0.3) is 0 Å². The first-order valence-corrected chi connectivity index (χ1v) is 6.13. The van der Waals surface area contributed by atoms with Crippen molar-refractivity contribution in [1.82, 2.24) is 10.6 Å². The molecule has 0 fully saturated rings. The summed E-state index contributed by atoms with van der Waals surface area (Å²) < 4.78 is 0. The number of nitrogens with one attached hydrogen (secondary N) is 2. The van der Waals surface area contributed by atoms with Crippen molar-refractivity contribution in [3.63, 3.8) is 0 Å². The van der Waals surface area contributed by atoms with Crippen LogP contribution in [0.15, 0.2) is 18.2 Å². The minimum absolute atomic E-state index is 0.156. The quantitative estimate of drug-likeness (QED) is 0.823. The van der Waals surface area contributed by atoms with E-state index in [1.165, 1.54) is 6.07 Å². The van der Waals surface area contributed by atoms with E-state index in [4.69, 9.17) is 35.4 Å². The smallest absolute Gasteiger partial charge is 0.258 e. The zero-order chi connectivity index (χ0) is 13.0. The molecule has 3 nitrogen and oxygen atoms in total. The van der Waals surface area contributed by atoms with Crippen molar-refractivity contribution < 1.29 is 4.79 Å². The minimum atomic E-state index is -0.357. The van der Waals surface area contributed by atoms with Crippen LogP contribution in [0.2, 0.25) is 10.0 Å². The van der Waals surface area contributed by atoms with Gasteiger partial charge in [-0.15, -0.1) is 0 Å². The summed E-state index contributed by atoms with van der Waals surface area (Å²) >= 11 is 16.6. The zero-order valence-corrected chi connectivity index (χ0v) is 11.7. The van der Waals surface area contributed by atoms with Crippen LogP contribution in [-0.4, -0.2) is 17.1 Å². The molecule has 17 heavy (non-hydrogen) atoms. The van der Waals surface area contributed by atoms with E-state index >= 15 is 0 Å². The van der Waals surface area contributed by atoms with E-state index in [0.717, 1.165) is 0 Å². The van der Waals surface area contributed by atoms with Crippen molar-refractivity contribution in [3.8, 4) is 0 Å². The lowest BCUT2D eigenvalue weighted by molar-refractivity contribution is 0.0977. The van der Waals surface area contributed by atoms with Gasteiger partial charge >= 0.3 is 0 Å². The maximum atomic E-state index is 11.8. The third-order valence-electron chi connectivity index (χ3n) is 1.82. The van der Waals surface area contributed by atoms with Gasteiger partial charge in [0.05, 0.1) is 10.6 Å². The highest BCUT2D eigenvalue weighted by atomic mass is 35.5. The fourth-order valence-corrected chi connectivity index (χ4v) is 1.97. The number of carbonyl (C=O) groups excluding carboxylic acids is 1. The molecule has 0 aliphatic carbocycles. The second-order valence-electron chi connectivity index (χ2n) is 3.71. The van der Waals surface area contributed by atoms with Crippen molar-refractivity contribution in [2.24, 2.45) is 0 Å². The summed E-state index contributed by atoms with van der Waals surface area (Å²) in [5.41, 5.74) is 0.337. The highest BCUT2D eigenvalue weighted by Crippen LogP contribution is 2.20. The van der Waals surface area contributed by atoms with Gasteiger partial charge in [0.15, 0.2) is 5.11 Å². The molecule has 92 valence electrons. The first-order valence-electron chi connectivity index (χ1n) is 4.97. The summed E-state index contributed by atoms with van der Waals surface area (Å²) in [6.07, 6.45) is 0. The molecule has 0 saturated carbocycles. The zero-order valence-electron chi connectivity index (χ0n) is 9.38. The van der Waals surface area contributed by atoms with Crippen molar-refractivity contribution in [2.75, 3.05) is 0 Å². The minimum Gasteiger partial charge on any atom is -0.360 e. The standard InChI is InChI=1S/C11H12Cl2N2OS/c1-6(2)14-11(17)15-10(16)8-4-3-7(12)5-9(8)13/h3-6H,1-2H3,(H2,14,15,16,17). The maximum absolute atomic E-state index is 11.8. The lowest BCUT2D eigenvalue weighted by Gasteiger charge is -2.12. The van der Waals surface area contributed by atoms with Gasteiger partial charge in [-0.25, -0.2) is 0 Å². The summed E-state index contributed by atoms with van der Waals surface area (Å²) in [6.45, 7) is 3.85.